The van der Waals surface area contributed by atoms with Gasteiger partial charge in [-0.1, -0.05) is 61.6 Å². The summed E-state index contributed by atoms with van der Waals surface area (Å²) < 4.78 is 6.92. The molecule has 0 radical (unpaired) electrons. The van der Waals surface area contributed by atoms with E-state index in [0.717, 1.165) is 49.7 Å². The maximum absolute atomic E-state index is 14.2. The van der Waals surface area contributed by atoms with Crippen molar-refractivity contribution in [2.45, 2.75) is 88.4 Å². The smallest absolute Gasteiger partial charge is 0.251 e. The molecule has 11 nitrogen and oxygen atoms in total. The number of nitrogens with one attached hydrogen (secondary N) is 1. The molecular formula is C33H42N6O5. The Kier molecular flexibility index (Phi) is 8.43. The minimum atomic E-state index is -1.21. The predicted octanol–water partition coefficient (Wildman–Crippen LogP) is 3.17. The molecule has 3 heterocycles. The zero-order valence-electron chi connectivity index (χ0n) is 25.4. The van der Waals surface area contributed by atoms with Gasteiger partial charge in [0.1, 0.15) is 17.7 Å². The summed E-state index contributed by atoms with van der Waals surface area (Å²) in [5.74, 6) is -0.561. The monoisotopic (exact) mass is 602 g/mol. The van der Waals surface area contributed by atoms with Gasteiger partial charge in [-0.2, -0.15) is 0 Å². The van der Waals surface area contributed by atoms with E-state index in [9.17, 15) is 19.5 Å². The largest absolute Gasteiger partial charge is 0.384 e. The molecule has 0 bridgehead atoms. The van der Waals surface area contributed by atoms with Crippen molar-refractivity contribution >= 4 is 28.5 Å². The van der Waals surface area contributed by atoms with Gasteiger partial charge in [0, 0.05) is 24.4 Å². The van der Waals surface area contributed by atoms with E-state index in [1.807, 2.05) is 18.2 Å². The van der Waals surface area contributed by atoms with Crippen LogP contribution in [0.15, 0.2) is 42.6 Å². The van der Waals surface area contributed by atoms with E-state index >= 15 is 0 Å². The van der Waals surface area contributed by atoms with Crippen LogP contribution in [0.2, 0.25) is 0 Å². The third-order valence-electron chi connectivity index (χ3n) is 9.57. The first-order valence-corrected chi connectivity index (χ1v) is 15.7. The van der Waals surface area contributed by atoms with E-state index in [1.54, 1.807) is 24.6 Å². The van der Waals surface area contributed by atoms with Gasteiger partial charge in [0.05, 0.1) is 31.1 Å². The van der Waals surface area contributed by atoms with Gasteiger partial charge in [-0.25, -0.2) is 4.68 Å². The first kappa shape index (κ1) is 30.2. The second-order valence-electron chi connectivity index (χ2n) is 13.2. The predicted molar refractivity (Wildman–Crippen MR) is 164 cm³/mol. The van der Waals surface area contributed by atoms with Crippen LogP contribution in [-0.4, -0.2) is 74.6 Å². The highest BCUT2D eigenvalue weighted by Crippen LogP contribution is 2.33. The molecule has 3 fully saturated rings. The Bertz CT molecular complexity index is 1540. The van der Waals surface area contributed by atoms with E-state index in [4.69, 9.17) is 10.5 Å². The molecule has 1 aromatic heterocycles. The molecule has 11 heteroatoms. The number of primary amides is 1. The lowest BCUT2D eigenvalue weighted by atomic mass is 9.84. The summed E-state index contributed by atoms with van der Waals surface area (Å²) in [6, 6.07) is 9.76. The van der Waals surface area contributed by atoms with Crippen molar-refractivity contribution in [3.63, 3.8) is 0 Å². The fourth-order valence-electron chi connectivity index (χ4n) is 6.96. The normalized spacial score (nSPS) is 22.1. The maximum atomic E-state index is 14.2. The number of amides is 3. The molecule has 234 valence electrons. The van der Waals surface area contributed by atoms with Crippen LogP contribution < -0.4 is 11.1 Å². The second-order valence-corrected chi connectivity index (χ2v) is 13.2. The summed E-state index contributed by atoms with van der Waals surface area (Å²) in [4.78, 5) is 42.0. The number of rotatable bonds is 9. The van der Waals surface area contributed by atoms with E-state index in [1.165, 1.54) is 23.1 Å². The van der Waals surface area contributed by atoms with Crippen LogP contribution in [0.4, 0.5) is 0 Å². The number of carbonyl (C=O) groups excluding carboxylic acids is 3. The van der Waals surface area contributed by atoms with Crippen molar-refractivity contribution in [1.29, 1.82) is 0 Å². The number of fused-ring (bicyclic) bond motifs is 1. The number of carbonyl (C=O) groups is 3. The number of ether oxygens (including phenoxy) is 1. The number of aromatic nitrogens is 3. The SMILES string of the molecule is CC(C)(O)c1cnnn1[C@H]1C[C@@H](C(N)=O)N(C(=O)[C@@H](CC2CCCCC2)NC(=O)c2ccc3cc(C4COC4)ccc3c2)C1. The number of likely N-dealkylation sites (tertiary alicyclic amines) is 1. The van der Waals surface area contributed by atoms with Crippen LogP contribution in [0.5, 0.6) is 0 Å². The second kappa shape index (κ2) is 12.3. The molecule has 3 aromatic rings. The van der Waals surface area contributed by atoms with Crippen molar-refractivity contribution in [2.24, 2.45) is 11.7 Å². The summed E-state index contributed by atoms with van der Waals surface area (Å²) in [6.07, 6.45) is 7.60. The first-order valence-electron chi connectivity index (χ1n) is 15.7. The van der Waals surface area contributed by atoms with Gasteiger partial charge in [-0.15, -0.1) is 5.10 Å². The van der Waals surface area contributed by atoms with E-state index < -0.39 is 29.6 Å². The Morgan fingerprint density at radius 2 is 1.82 bits per heavy atom. The third-order valence-corrected chi connectivity index (χ3v) is 9.57. The molecule has 1 aliphatic carbocycles. The summed E-state index contributed by atoms with van der Waals surface area (Å²) in [5.41, 5.74) is 6.79. The van der Waals surface area contributed by atoms with Crippen molar-refractivity contribution < 1.29 is 24.2 Å². The molecule has 44 heavy (non-hydrogen) atoms. The lowest BCUT2D eigenvalue weighted by molar-refractivity contribution is -0.139. The number of nitrogens with zero attached hydrogens (tertiary/aromatic N) is 4. The summed E-state index contributed by atoms with van der Waals surface area (Å²) >= 11 is 0. The van der Waals surface area contributed by atoms with E-state index in [-0.39, 0.29) is 24.8 Å². The molecule has 3 atom stereocenters. The average molecular weight is 603 g/mol. The van der Waals surface area contributed by atoms with Crippen LogP contribution in [0.1, 0.15) is 92.4 Å². The van der Waals surface area contributed by atoms with Crippen molar-refractivity contribution in [3.8, 4) is 0 Å². The highest BCUT2D eigenvalue weighted by molar-refractivity contribution is 6.01. The van der Waals surface area contributed by atoms with Gasteiger partial charge in [0.25, 0.3) is 5.91 Å². The molecule has 2 saturated heterocycles. The maximum Gasteiger partial charge on any atom is 0.251 e. The lowest BCUT2D eigenvalue weighted by Crippen LogP contribution is -2.53. The summed E-state index contributed by atoms with van der Waals surface area (Å²) in [6.45, 7) is 4.90. The molecule has 2 aromatic carbocycles. The molecule has 6 rings (SSSR count). The lowest BCUT2D eigenvalue weighted by Gasteiger charge is -2.31. The van der Waals surface area contributed by atoms with E-state index in [0.29, 0.717) is 29.5 Å². The molecule has 2 aliphatic heterocycles. The van der Waals surface area contributed by atoms with Crippen molar-refractivity contribution in [3.05, 3.63) is 59.4 Å². The minimum Gasteiger partial charge on any atom is -0.384 e. The molecule has 0 spiro atoms. The van der Waals surface area contributed by atoms with Gasteiger partial charge in [0.15, 0.2) is 0 Å². The zero-order valence-corrected chi connectivity index (χ0v) is 25.4. The number of hydrogen-bond donors (Lipinski definition) is 3. The Labute approximate surface area is 257 Å². The fourth-order valence-corrected chi connectivity index (χ4v) is 6.96. The van der Waals surface area contributed by atoms with Crippen molar-refractivity contribution in [1.82, 2.24) is 25.2 Å². The van der Waals surface area contributed by atoms with Gasteiger partial charge in [-0.3, -0.25) is 14.4 Å². The number of benzene rings is 2. The number of aliphatic hydroxyl groups is 1. The summed E-state index contributed by atoms with van der Waals surface area (Å²) in [7, 11) is 0. The van der Waals surface area contributed by atoms with Crippen molar-refractivity contribution in [2.75, 3.05) is 19.8 Å². The van der Waals surface area contributed by atoms with Gasteiger partial charge in [-0.05, 0) is 54.7 Å². The van der Waals surface area contributed by atoms with Gasteiger partial charge in [0.2, 0.25) is 11.8 Å². The minimum absolute atomic E-state index is 0.167. The molecular weight excluding hydrogens is 560 g/mol. The zero-order chi connectivity index (χ0) is 31.0. The van der Waals surface area contributed by atoms with Crippen LogP contribution in [0, 0.1) is 5.92 Å². The van der Waals surface area contributed by atoms with Crippen LogP contribution in [0.25, 0.3) is 10.8 Å². The average Bonchev–Trinajstić information content (AvgIpc) is 3.64. The molecule has 4 N–H and O–H groups in total. The van der Waals surface area contributed by atoms with E-state index in [2.05, 4.69) is 27.8 Å². The Morgan fingerprint density at radius 1 is 1.09 bits per heavy atom. The number of hydrogen-bond acceptors (Lipinski definition) is 7. The Hall–Kier alpha value is -3.83. The van der Waals surface area contributed by atoms with Gasteiger partial charge < -0.3 is 25.8 Å². The summed E-state index contributed by atoms with van der Waals surface area (Å²) in [5, 5.41) is 23.8. The third kappa shape index (κ3) is 6.21. The van der Waals surface area contributed by atoms with Crippen LogP contribution in [0.3, 0.4) is 0 Å². The quantitative estimate of drug-likeness (QED) is 0.340. The fraction of sp³-hybridized carbons (Fsp3) is 0.545. The van der Waals surface area contributed by atoms with Crippen LogP contribution in [-0.2, 0) is 19.9 Å². The highest BCUT2D eigenvalue weighted by Gasteiger charge is 2.44. The first-order chi connectivity index (χ1) is 21.1. The standard InChI is InChI=1S/C33H42N6O5/c1-33(2,43)29-16-35-37-39(29)26-15-28(30(34)40)38(17-26)32(42)27(12-20-6-4-3-5-7-20)36-31(41)24-11-10-21-13-23(25-18-44-19-25)9-8-22(21)14-24/h8-11,13-14,16,20,25-28,43H,3-7,12,15,17-19H2,1-2H3,(H2,34,40)(H,36,41)/t26-,27+,28-/m0/s1. The highest BCUT2D eigenvalue weighted by atomic mass is 16.5. The molecule has 3 aliphatic rings. The topological polar surface area (TPSA) is 153 Å². The molecule has 0 unspecified atom stereocenters. The van der Waals surface area contributed by atoms with Crippen LogP contribution >= 0.6 is 0 Å². The molecule has 3 amide bonds. The Morgan fingerprint density at radius 3 is 2.50 bits per heavy atom. The number of nitrogens with two attached hydrogens (primary N) is 1. The molecule has 1 saturated carbocycles. The Balaban J connectivity index is 1.24. The van der Waals surface area contributed by atoms with Gasteiger partial charge >= 0.3 is 0 Å².